The molecule has 0 aliphatic carbocycles. The van der Waals surface area contributed by atoms with Gasteiger partial charge >= 0.3 is 13.6 Å². The first kappa shape index (κ1) is 12.9. The van der Waals surface area contributed by atoms with Gasteiger partial charge in [-0.15, -0.1) is 0 Å². The van der Waals surface area contributed by atoms with Gasteiger partial charge in [-0.05, 0) is 13.8 Å². The van der Waals surface area contributed by atoms with E-state index in [1.54, 1.807) is 13.8 Å². The van der Waals surface area contributed by atoms with Crippen molar-refractivity contribution in [1.82, 2.24) is 0 Å². The molecule has 0 saturated heterocycles. The van der Waals surface area contributed by atoms with Crippen molar-refractivity contribution < 1.29 is 23.5 Å². The summed E-state index contributed by atoms with van der Waals surface area (Å²) in [5.41, 5.74) is 0. The van der Waals surface area contributed by atoms with Gasteiger partial charge in [-0.1, -0.05) is 11.6 Å². The third-order valence-corrected chi connectivity index (χ3v) is 4.02. The molecule has 0 fully saturated rings. The highest BCUT2D eigenvalue weighted by Crippen LogP contribution is 2.54. The van der Waals surface area contributed by atoms with Crippen LogP contribution in [0.4, 0.5) is 0 Å². The third-order valence-electron chi connectivity index (χ3n) is 1.10. The van der Waals surface area contributed by atoms with Gasteiger partial charge in [-0.3, -0.25) is 4.57 Å². The van der Waals surface area contributed by atoms with Gasteiger partial charge in [0.1, 0.15) is 0 Å². The number of aliphatic carboxylic acids is 1. The van der Waals surface area contributed by atoms with Crippen LogP contribution in [0.1, 0.15) is 13.8 Å². The zero-order valence-corrected chi connectivity index (χ0v) is 9.05. The monoisotopic (exact) mass is 230 g/mol. The summed E-state index contributed by atoms with van der Waals surface area (Å²) in [5, 5.41) is 6.86. The number of carboxylic acid groups (broad SMARTS) is 1. The summed E-state index contributed by atoms with van der Waals surface area (Å²) < 4.78 is 21.0. The number of carboxylic acids is 1. The maximum atomic E-state index is 11.6. The fraction of sp³-hybridized carbons (Fsp3) is 0.833. The molecule has 0 spiro atoms. The lowest BCUT2D eigenvalue weighted by Gasteiger charge is -2.18. The van der Waals surface area contributed by atoms with Crippen molar-refractivity contribution in [3.63, 3.8) is 0 Å². The van der Waals surface area contributed by atoms with E-state index in [4.69, 9.17) is 25.8 Å². The van der Waals surface area contributed by atoms with E-state index >= 15 is 0 Å². The van der Waals surface area contributed by atoms with Gasteiger partial charge in [0.15, 0.2) is 0 Å². The lowest BCUT2D eigenvalue weighted by molar-refractivity contribution is -0.135. The number of hydrogen-bond acceptors (Lipinski definition) is 4. The highest BCUT2D eigenvalue weighted by molar-refractivity contribution is 7.57. The van der Waals surface area contributed by atoms with Gasteiger partial charge in [0.25, 0.3) is 0 Å². The Bertz CT molecular complexity index is 209. The summed E-state index contributed by atoms with van der Waals surface area (Å²) in [6.45, 7) is 3.34. The number of alkyl halides is 1. The van der Waals surface area contributed by atoms with Crippen LogP contribution in [0, 0.1) is 0 Å². The first-order valence-corrected chi connectivity index (χ1v) is 5.78. The molecule has 1 atom stereocenters. The van der Waals surface area contributed by atoms with Crippen molar-refractivity contribution in [1.29, 1.82) is 0 Å². The lowest BCUT2D eigenvalue weighted by atomic mass is 10.8. The van der Waals surface area contributed by atoms with Crippen molar-refractivity contribution in [3.8, 4) is 0 Å². The van der Waals surface area contributed by atoms with Crippen LogP contribution in [0.5, 0.6) is 0 Å². The molecule has 5 nitrogen and oxygen atoms in total. The summed E-state index contributed by atoms with van der Waals surface area (Å²) in [6, 6.07) is 0. The molecule has 0 heterocycles. The predicted molar refractivity (Wildman–Crippen MR) is 48.1 cm³/mol. The first-order valence-electron chi connectivity index (χ1n) is 3.73. The van der Waals surface area contributed by atoms with Gasteiger partial charge in [0.05, 0.1) is 13.2 Å². The summed E-state index contributed by atoms with van der Waals surface area (Å²) in [7, 11) is -3.70. The molecule has 78 valence electrons. The van der Waals surface area contributed by atoms with Gasteiger partial charge in [-0.25, -0.2) is 4.79 Å². The molecular formula is C6H12ClO5P. The predicted octanol–water partition coefficient (Wildman–Crippen LogP) is 1.90. The standard InChI is InChI=1S/C6H12ClO5P/c1-3-11-13(10,12-4-2)5(7)6(8)9/h5H,3-4H2,1-2H3,(H,8,9). The molecule has 0 aromatic rings. The van der Waals surface area contributed by atoms with Gasteiger partial charge in [-0.2, -0.15) is 0 Å². The van der Waals surface area contributed by atoms with Crippen LogP contribution in [0.2, 0.25) is 0 Å². The molecule has 0 saturated carbocycles. The minimum absolute atomic E-state index is 0.0910. The summed E-state index contributed by atoms with van der Waals surface area (Å²) >= 11 is 5.37. The van der Waals surface area contributed by atoms with Crippen molar-refractivity contribution in [2.75, 3.05) is 13.2 Å². The topological polar surface area (TPSA) is 72.8 Å². The number of carbonyl (C=O) groups is 1. The quantitative estimate of drug-likeness (QED) is 0.557. The number of rotatable bonds is 6. The molecule has 0 amide bonds. The number of halogens is 1. The molecule has 13 heavy (non-hydrogen) atoms. The molecule has 7 heteroatoms. The van der Waals surface area contributed by atoms with Crippen LogP contribution in [0.15, 0.2) is 0 Å². The van der Waals surface area contributed by atoms with E-state index in [1.165, 1.54) is 0 Å². The summed E-state index contributed by atoms with van der Waals surface area (Å²) in [4.78, 5) is 10.4. The van der Waals surface area contributed by atoms with Crippen molar-refractivity contribution in [3.05, 3.63) is 0 Å². The normalized spacial score (nSPS) is 14.1. The Kier molecular flexibility index (Phi) is 5.56. The second kappa shape index (κ2) is 5.60. The maximum absolute atomic E-state index is 11.6. The second-order valence-electron chi connectivity index (χ2n) is 2.05. The average molecular weight is 231 g/mol. The Morgan fingerprint density at radius 1 is 1.46 bits per heavy atom. The smallest absolute Gasteiger partial charge is 0.359 e. The fourth-order valence-electron chi connectivity index (χ4n) is 0.663. The highest BCUT2D eigenvalue weighted by Gasteiger charge is 2.39. The largest absolute Gasteiger partial charge is 0.480 e. The number of hydrogen-bond donors (Lipinski definition) is 1. The van der Waals surface area contributed by atoms with Crippen LogP contribution in [0.25, 0.3) is 0 Å². The molecule has 0 bridgehead atoms. The SMILES string of the molecule is CCOP(=O)(OCC)C(Cl)C(=O)O. The van der Waals surface area contributed by atoms with Crippen molar-refractivity contribution in [2.24, 2.45) is 0 Å². The zero-order chi connectivity index (χ0) is 10.5. The van der Waals surface area contributed by atoms with Crippen LogP contribution < -0.4 is 0 Å². The summed E-state index contributed by atoms with van der Waals surface area (Å²) in [6.07, 6.45) is 0. The first-order chi connectivity index (χ1) is 5.98. The van der Waals surface area contributed by atoms with E-state index in [1.807, 2.05) is 0 Å². The Morgan fingerprint density at radius 2 is 1.85 bits per heavy atom. The Hall–Kier alpha value is -0.0900. The van der Waals surface area contributed by atoms with E-state index < -0.39 is 18.7 Å². The van der Waals surface area contributed by atoms with Crippen molar-refractivity contribution >= 4 is 25.2 Å². The molecule has 0 aliphatic rings. The van der Waals surface area contributed by atoms with Crippen LogP contribution in [0.3, 0.4) is 0 Å². The van der Waals surface area contributed by atoms with Gasteiger partial charge in [0, 0.05) is 0 Å². The van der Waals surface area contributed by atoms with E-state index in [0.29, 0.717) is 0 Å². The van der Waals surface area contributed by atoms with E-state index in [9.17, 15) is 9.36 Å². The van der Waals surface area contributed by atoms with Crippen molar-refractivity contribution in [2.45, 2.75) is 19.0 Å². The van der Waals surface area contributed by atoms with Crippen LogP contribution >= 0.6 is 19.2 Å². The molecular weight excluding hydrogens is 218 g/mol. The molecule has 0 aliphatic heterocycles. The lowest BCUT2D eigenvalue weighted by Crippen LogP contribution is -2.17. The molecule has 0 radical (unpaired) electrons. The molecule has 1 N–H and O–H groups in total. The van der Waals surface area contributed by atoms with Crippen LogP contribution in [-0.2, 0) is 18.4 Å². The molecule has 0 rings (SSSR count). The second-order valence-corrected chi connectivity index (χ2v) is 4.90. The molecule has 0 aromatic carbocycles. The third kappa shape index (κ3) is 3.65. The van der Waals surface area contributed by atoms with E-state index in [2.05, 4.69) is 0 Å². The molecule has 1 unspecified atom stereocenters. The maximum Gasteiger partial charge on any atom is 0.359 e. The average Bonchev–Trinajstić information content (AvgIpc) is 2.03. The minimum atomic E-state index is -3.70. The molecule has 0 aromatic heterocycles. The van der Waals surface area contributed by atoms with Gasteiger partial charge in [0.2, 0.25) is 5.12 Å². The zero-order valence-electron chi connectivity index (χ0n) is 7.40. The highest BCUT2D eigenvalue weighted by atomic mass is 35.5. The van der Waals surface area contributed by atoms with E-state index in [0.717, 1.165) is 0 Å². The Morgan fingerprint density at radius 3 is 2.08 bits per heavy atom. The minimum Gasteiger partial charge on any atom is -0.480 e. The summed E-state index contributed by atoms with van der Waals surface area (Å²) in [5.74, 6) is -1.41. The van der Waals surface area contributed by atoms with Crippen LogP contribution in [-0.4, -0.2) is 29.4 Å². The van der Waals surface area contributed by atoms with Gasteiger partial charge < -0.3 is 14.2 Å². The fourth-order valence-corrected chi connectivity index (χ4v) is 2.33. The Balaban J connectivity index is 4.57. The Labute approximate surface area is 81.5 Å². The van der Waals surface area contributed by atoms with E-state index in [-0.39, 0.29) is 13.2 Å².